The highest BCUT2D eigenvalue weighted by molar-refractivity contribution is 5.99. The highest BCUT2D eigenvalue weighted by Crippen LogP contribution is 2.42. The van der Waals surface area contributed by atoms with Crippen molar-refractivity contribution in [3.8, 4) is 11.8 Å². The maximum Gasteiger partial charge on any atom is 0.325 e. The van der Waals surface area contributed by atoms with Crippen LogP contribution in [0.15, 0.2) is 30.3 Å². The Bertz CT molecular complexity index is 669. The number of hydrogen-bond donors (Lipinski definition) is 1. The number of hydrogen-bond acceptors (Lipinski definition) is 3. The van der Waals surface area contributed by atoms with Crippen LogP contribution in [0, 0.1) is 17.3 Å². The van der Waals surface area contributed by atoms with Crippen LogP contribution in [0.5, 0.6) is 0 Å². The number of carbonyl (C=O) groups is 2. The van der Waals surface area contributed by atoms with Crippen molar-refractivity contribution in [3.05, 3.63) is 35.9 Å². The Hall–Kier alpha value is -2.28. The van der Waals surface area contributed by atoms with Gasteiger partial charge in [-0.3, -0.25) is 9.59 Å². The molecule has 24 heavy (non-hydrogen) atoms. The Kier molecular flexibility index (Phi) is 4.62. The summed E-state index contributed by atoms with van der Waals surface area (Å²) in [6.07, 6.45) is 5.47. The molecule has 0 amide bonds. The van der Waals surface area contributed by atoms with E-state index in [-0.39, 0.29) is 0 Å². The first kappa shape index (κ1) is 16.6. The first-order valence-corrected chi connectivity index (χ1v) is 8.62. The van der Waals surface area contributed by atoms with E-state index in [9.17, 15) is 14.7 Å². The quantitative estimate of drug-likeness (QED) is 0.524. The minimum Gasteiger partial charge on any atom is -0.480 e. The topological polar surface area (TPSA) is 63.6 Å². The summed E-state index contributed by atoms with van der Waals surface area (Å²) in [5, 5.41) is 9.56. The maximum absolute atomic E-state index is 12.7. The second kappa shape index (κ2) is 6.68. The van der Waals surface area contributed by atoms with Crippen LogP contribution in [0.2, 0.25) is 0 Å². The number of carboxylic acids is 1. The van der Waals surface area contributed by atoms with E-state index in [0.717, 1.165) is 31.2 Å². The molecule has 126 valence electrons. The second-order valence-corrected chi connectivity index (χ2v) is 6.80. The van der Waals surface area contributed by atoms with E-state index in [1.165, 1.54) is 0 Å². The highest BCUT2D eigenvalue weighted by atomic mass is 16.6. The smallest absolute Gasteiger partial charge is 0.325 e. The van der Waals surface area contributed by atoms with Crippen molar-refractivity contribution in [3.63, 3.8) is 0 Å². The fraction of sp³-hybridized carbons (Fsp3) is 0.500. The number of esters is 1. The third kappa shape index (κ3) is 3.17. The van der Waals surface area contributed by atoms with E-state index in [0.29, 0.717) is 25.7 Å². The summed E-state index contributed by atoms with van der Waals surface area (Å²) in [6, 6.07) is 9.57. The van der Waals surface area contributed by atoms with E-state index in [4.69, 9.17) is 4.74 Å². The van der Waals surface area contributed by atoms with E-state index >= 15 is 0 Å². The first-order valence-electron chi connectivity index (χ1n) is 8.62. The van der Waals surface area contributed by atoms with Gasteiger partial charge in [-0.1, -0.05) is 37.0 Å². The van der Waals surface area contributed by atoms with Crippen molar-refractivity contribution >= 4 is 11.9 Å². The summed E-state index contributed by atoms with van der Waals surface area (Å²) in [4.78, 5) is 24.4. The number of rotatable bonds is 3. The van der Waals surface area contributed by atoms with Crippen LogP contribution in [0.4, 0.5) is 0 Å². The summed E-state index contributed by atoms with van der Waals surface area (Å²) in [7, 11) is 0. The lowest BCUT2D eigenvalue weighted by molar-refractivity contribution is -0.175. The molecule has 4 heteroatoms. The number of aliphatic carboxylic acids is 1. The monoisotopic (exact) mass is 326 g/mol. The molecule has 0 aliphatic heterocycles. The minimum atomic E-state index is -1.37. The molecule has 2 saturated carbocycles. The van der Waals surface area contributed by atoms with E-state index < -0.39 is 23.0 Å². The van der Waals surface area contributed by atoms with Gasteiger partial charge in [0.15, 0.2) is 11.0 Å². The van der Waals surface area contributed by atoms with Gasteiger partial charge >= 0.3 is 11.9 Å². The maximum atomic E-state index is 12.7. The average Bonchev–Trinajstić information content (AvgIpc) is 3.25. The molecule has 0 heterocycles. The largest absolute Gasteiger partial charge is 0.480 e. The zero-order valence-corrected chi connectivity index (χ0v) is 13.7. The molecule has 0 atom stereocenters. The molecule has 0 spiro atoms. The van der Waals surface area contributed by atoms with Crippen molar-refractivity contribution in [1.82, 2.24) is 0 Å². The van der Waals surface area contributed by atoms with Crippen LogP contribution in [0.3, 0.4) is 0 Å². The molecule has 1 aromatic rings. The highest BCUT2D eigenvalue weighted by Gasteiger charge is 2.52. The van der Waals surface area contributed by atoms with Gasteiger partial charge in [0.1, 0.15) is 0 Å². The summed E-state index contributed by atoms with van der Waals surface area (Å²) < 4.78 is 5.78. The van der Waals surface area contributed by atoms with Gasteiger partial charge in [0.25, 0.3) is 0 Å². The molecule has 0 bridgehead atoms. The van der Waals surface area contributed by atoms with Gasteiger partial charge in [-0.2, -0.15) is 0 Å². The molecule has 0 aromatic heterocycles. The Morgan fingerprint density at radius 1 is 0.958 bits per heavy atom. The van der Waals surface area contributed by atoms with Crippen LogP contribution in [0.1, 0.15) is 56.9 Å². The average molecular weight is 326 g/mol. The Balaban J connectivity index is 1.83. The van der Waals surface area contributed by atoms with Gasteiger partial charge < -0.3 is 9.84 Å². The standard InChI is InChI=1S/C20H22O4/c21-17(22)20(13-6-7-14-20)18(23)24-19(11-4-5-12-19)15-10-16-8-2-1-3-9-16/h1-3,8-9H,4-7,11-14H2,(H,21,22). The van der Waals surface area contributed by atoms with Gasteiger partial charge in [-0.15, -0.1) is 0 Å². The Morgan fingerprint density at radius 3 is 2.12 bits per heavy atom. The summed E-state index contributed by atoms with van der Waals surface area (Å²) in [6.45, 7) is 0. The fourth-order valence-corrected chi connectivity index (χ4v) is 3.67. The predicted molar refractivity (Wildman–Crippen MR) is 89.1 cm³/mol. The van der Waals surface area contributed by atoms with Crippen molar-refractivity contribution in [2.24, 2.45) is 5.41 Å². The number of carbonyl (C=O) groups excluding carboxylic acids is 1. The molecular formula is C20H22O4. The molecule has 0 radical (unpaired) electrons. The molecule has 2 fully saturated rings. The molecule has 4 nitrogen and oxygen atoms in total. The molecule has 0 saturated heterocycles. The lowest BCUT2D eigenvalue weighted by Crippen LogP contribution is -2.43. The van der Waals surface area contributed by atoms with E-state index in [2.05, 4.69) is 11.8 Å². The third-order valence-corrected chi connectivity index (χ3v) is 5.16. The molecule has 1 N–H and O–H groups in total. The van der Waals surface area contributed by atoms with Gasteiger partial charge in [0.05, 0.1) is 0 Å². The lowest BCUT2D eigenvalue weighted by Gasteiger charge is -2.29. The molecular weight excluding hydrogens is 304 g/mol. The van der Waals surface area contributed by atoms with Crippen molar-refractivity contribution < 1.29 is 19.4 Å². The Labute approximate surface area is 142 Å². The van der Waals surface area contributed by atoms with Crippen LogP contribution in [0.25, 0.3) is 0 Å². The number of ether oxygens (including phenoxy) is 1. The van der Waals surface area contributed by atoms with Gasteiger partial charge in [0, 0.05) is 5.56 Å². The molecule has 1 aromatic carbocycles. The van der Waals surface area contributed by atoms with Crippen LogP contribution >= 0.6 is 0 Å². The van der Waals surface area contributed by atoms with Gasteiger partial charge in [0.2, 0.25) is 0 Å². The van der Waals surface area contributed by atoms with Crippen LogP contribution in [-0.4, -0.2) is 22.6 Å². The molecule has 2 aliphatic rings. The SMILES string of the molecule is O=C(O)C1(C(=O)OC2(C#Cc3ccccc3)CCCC2)CCCC1. The van der Waals surface area contributed by atoms with Gasteiger partial charge in [-0.05, 0) is 56.6 Å². The van der Waals surface area contributed by atoms with Crippen LogP contribution in [-0.2, 0) is 14.3 Å². The predicted octanol–water partition coefficient (Wildman–Crippen LogP) is 3.54. The molecule has 3 rings (SSSR count). The summed E-state index contributed by atoms with van der Waals surface area (Å²) in [5.41, 5.74) is -1.34. The summed E-state index contributed by atoms with van der Waals surface area (Å²) in [5.74, 6) is 4.57. The summed E-state index contributed by atoms with van der Waals surface area (Å²) >= 11 is 0. The van der Waals surface area contributed by atoms with Crippen molar-refractivity contribution in [1.29, 1.82) is 0 Å². The molecule has 0 unspecified atom stereocenters. The first-order chi connectivity index (χ1) is 11.6. The van der Waals surface area contributed by atoms with Gasteiger partial charge in [-0.25, -0.2) is 0 Å². The normalized spacial score (nSPS) is 20.8. The van der Waals surface area contributed by atoms with E-state index in [1.54, 1.807) is 0 Å². The zero-order valence-electron chi connectivity index (χ0n) is 13.7. The lowest BCUT2D eigenvalue weighted by atomic mass is 9.86. The van der Waals surface area contributed by atoms with E-state index in [1.807, 2.05) is 30.3 Å². The number of carboxylic acid groups (broad SMARTS) is 1. The van der Waals surface area contributed by atoms with Crippen molar-refractivity contribution in [2.75, 3.05) is 0 Å². The molecule has 2 aliphatic carbocycles. The third-order valence-electron chi connectivity index (χ3n) is 5.16. The Morgan fingerprint density at radius 2 is 1.54 bits per heavy atom. The minimum absolute atomic E-state index is 0.364. The zero-order chi connectivity index (χ0) is 17.0. The number of benzene rings is 1. The fourth-order valence-electron chi connectivity index (χ4n) is 3.67. The second-order valence-electron chi connectivity index (χ2n) is 6.80. The van der Waals surface area contributed by atoms with Crippen molar-refractivity contribution in [2.45, 2.75) is 57.0 Å². The van der Waals surface area contributed by atoms with Crippen LogP contribution < -0.4 is 0 Å².